The summed E-state index contributed by atoms with van der Waals surface area (Å²) in [7, 11) is -3.33. The maximum absolute atomic E-state index is 12.3. The van der Waals surface area contributed by atoms with Crippen molar-refractivity contribution >= 4 is 21.6 Å². The predicted octanol–water partition coefficient (Wildman–Crippen LogP) is 1.79. The van der Waals surface area contributed by atoms with E-state index in [0.717, 1.165) is 12.8 Å². The van der Waals surface area contributed by atoms with Crippen LogP contribution >= 0.6 is 0 Å². The molecule has 7 nitrogen and oxygen atoms in total. The number of nitrogens with zero attached hydrogens (tertiary/aromatic N) is 2. The zero-order valence-electron chi connectivity index (χ0n) is 14.2. The topological polar surface area (TPSA) is 92.5 Å². The van der Waals surface area contributed by atoms with Crippen LogP contribution in [0.4, 0.5) is 5.82 Å². The summed E-state index contributed by atoms with van der Waals surface area (Å²) >= 11 is 0. The second-order valence-electron chi connectivity index (χ2n) is 6.22. The summed E-state index contributed by atoms with van der Waals surface area (Å²) in [5.74, 6) is 0.945. The molecule has 0 spiro atoms. The zero-order valence-corrected chi connectivity index (χ0v) is 15.0. The van der Waals surface area contributed by atoms with Crippen LogP contribution in [0.5, 0.6) is 0 Å². The van der Waals surface area contributed by atoms with Crippen molar-refractivity contribution in [1.29, 1.82) is 0 Å². The molecule has 1 aliphatic rings. The summed E-state index contributed by atoms with van der Waals surface area (Å²) in [6, 6.07) is 4.91. The smallest absolute Gasteiger partial charge is 0.255 e. The maximum Gasteiger partial charge on any atom is 0.255 e. The molecule has 1 N–H and O–H groups in total. The quantitative estimate of drug-likeness (QED) is 0.890. The molecule has 0 radical (unpaired) electrons. The third-order valence-electron chi connectivity index (χ3n) is 4.38. The van der Waals surface area contributed by atoms with E-state index in [0.29, 0.717) is 30.2 Å². The number of amides is 1. The molecule has 8 heteroatoms. The predicted molar refractivity (Wildman–Crippen MR) is 93.5 cm³/mol. The van der Waals surface area contributed by atoms with E-state index >= 15 is 0 Å². The number of hydrogen-bond donors (Lipinski definition) is 1. The number of furan rings is 1. The van der Waals surface area contributed by atoms with E-state index in [4.69, 9.17) is 4.42 Å². The van der Waals surface area contributed by atoms with Crippen molar-refractivity contribution in [3.63, 3.8) is 0 Å². The van der Waals surface area contributed by atoms with Crippen molar-refractivity contribution in [2.75, 3.05) is 24.2 Å². The van der Waals surface area contributed by atoms with Gasteiger partial charge in [0.05, 0.1) is 11.8 Å². The lowest BCUT2D eigenvalue weighted by Gasteiger charge is -2.33. The molecule has 0 atom stereocenters. The average molecular weight is 363 g/mol. The number of pyridine rings is 1. The van der Waals surface area contributed by atoms with Gasteiger partial charge in [-0.15, -0.1) is 0 Å². The van der Waals surface area contributed by atoms with Crippen LogP contribution in [0, 0.1) is 6.92 Å². The fourth-order valence-electron chi connectivity index (χ4n) is 3.03. The van der Waals surface area contributed by atoms with Crippen LogP contribution < -0.4 is 10.2 Å². The lowest BCUT2D eigenvalue weighted by Crippen LogP contribution is -2.45. The van der Waals surface area contributed by atoms with Crippen molar-refractivity contribution in [2.45, 2.75) is 30.7 Å². The van der Waals surface area contributed by atoms with E-state index in [1.807, 2.05) is 4.90 Å². The fourth-order valence-corrected chi connectivity index (χ4v) is 3.87. The first-order valence-electron chi connectivity index (χ1n) is 8.11. The van der Waals surface area contributed by atoms with E-state index in [9.17, 15) is 13.2 Å². The highest BCUT2D eigenvalue weighted by Crippen LogP contribution is 2.25. The Labute approximate surface area is 147 Å². The fraction of sp³-hybridized carbons (Fsp3) is 0.412. The highest BCUT2D eigenvalue weighted by atomic mass is 32.2. The summed E-state index contributed by atoms with van der Waals surface area (Å²) in [5.41, 5.74) is 0.548. The van der Waals surface area contributed by atoms with Crippen molar-refractivity contribution in [1.82, 2.24) is 10.3 Å². The second kappa shape index (κ2) is 6.87. The molecule has 1 amide bonds. The van der Waals surface area contributed by atoms with E-state index in [2.05, 4.69) is 10.3 Å². The van der Waals surface area contributed by atoms with Gasteiger partial charge in [0.1, 0.15) is 16.5 Å². The molecule has 1 aliphatic heterocycles. The Morgan fingerprint density at radius 3 is 2.64 bits per heavy atom. The SMILES string of the molecule is Cc1occc1C(=O)NC1CCN(c2ncccc2S(C)(=O)=O)CC1. The van der Waals surface area contributed by atoms with Crippen LogP contribution in [0.25, 0.3) is 0 Å². The number of piperidine rings is 1. The number of aromatic nitrogens is 1. The second-order valence-corrected chi connectivity index (χ2v) is 8.21. The monoisotopic (exact) mass is 363 g/mol. The van der Waals surface area contributed by atoms with Gasteiger partial charge < -0.3 is 14.6 Å². The number of carbonyl (C=O) groups excluding carboxylic acids is 1. The number of anilines is 1. The Bertz CT molecular complexity index is 868. The van der Waals surface area contributed by atoms with Crippen molar-refractivity contribution < 1.29 is 17.6 Å². The number of hydrogen-bond acceptors (Lipinski definition) is 6. The van der Waals surface area contributed by atoms with E-state index in [-0.39, 0.29) is 16.8 Å². The highest BCUT2D eigenvalue weighted by molar-refractivity contribution is 7.90. The van der Waals surface area contributed by atoms with Crippen LogP contribution in [0.1, 0.15) is 29.0 Å². The van der Waals surface area contributed by atoms with E-state index in [1.54, 1.807) is 31.3 Å². The molecule has 0 unspecified atom stereocenters. The van der Waals surface area contributed by atoms with Gasteiger partial charge in [0.15, 0.2) is 9.84 Å². The molecule has 0 aliphatic carbocycles. The standard InChI is InChI=1S/C17H21N3O4S/c1-12-14(7-11-24-12)17(21)19-13-5-9-20(10-6-13)16-15(25(2,22)23)4-3-8-18-16/h3-4,7-8,11,13H,5-6,9-10H2,1-2H3,(H,19,21). The number of aryl methyl sites for hydroxylation is 1. The van der Waals surface area contributed by atoms with Crippen molar-refractivity contribution in [3.8, 4) is 0 Å². The summed E-state index contributed by atoms with van der Waals surface area (Å²) in [6.45, 7) is 3.02. The van der Waals surface area contributed by atoms with E-state index < -0.39 is 9.84 Å². The van der Waals surface area contributed by atoms with Gasteiger partial charge in [-0.1, -0.05) is 0 Å². The molecule has 3 heterocycles. The van der Waals surface area contributed by atoms with Crippen LogP contribution in [0.2, 0.25) is 0 Å². The van der Waals surface area contributed by atoms with Crippen LogP contribution in [-0.2, 0) is 9.84 Å². The van der Waals surface area contributed by atoms with Crippen molar-refractivity contribution in [2.24, 2.45) is 0 Å². The van der Waals surface area contributed by atoms with Gasteiger partial charge in [-0.3, -0.25) is 4.79 Å². The minimum absolute atomic E-state index is 0.0449. The highest BCUT2D eigenvalue weighted by Gasteiger charge is 2.26. The Hall–Kier alpha value is -2.35. The zero-order chi connectivity index (χ0) is 18.0. The first-order chi connectivity index (χ1) is 11.9. The molecule has 25 heavy (non-hydrogen) atoms. The molecule has 3 rings (SSSR count). The van der Waals surface area contributed by atoms with Crippen molar-refractivity contribution in [3.05, 3.63) is 42.0 Å². The third kappa shape index (κ3) is 3.84. The molecule has 2 aromatic heterocycles. The minimum Gasteiger partial charge on any atom is -0.469 e. The Morgan fingerprint density at radius 2 is 2.04 bits per heavy atom. The lowest BCUT2D eigenvalue weighted by atomic mass is 10.0. The molecule has 0 aromatic carbocycles. The molecule has 0 bridgehead atoms. The molecule has 2 aromatic rings. The van der Waals surface area contributed by atoms with Gasteiger partial charge in [-0.2, -0.15) is 0 Å². The minimum atomic E-state index is -3.33. The number of carbonyl (C=O) groups is 1. The Balaban J connectivity index is 1.65. The molecule has 1 saturated heterocycles. The van der Waals surface area contributed by atoms with Crippen LogP contribution in [0.15, 0.2) is 40.0 Å². The molecule has 1 fully saturated rings. The first kappa shape index (κ1) is 17.5. The van der Waals surface area contributed by atoms with E-state index in [1.165, 1.54) is 12.5 Å². The number of rotatable bonds is 4. The lowest BCUT2D eigenvalue weighted by molar-refractivity contribution is 0.0929. The molecular weight excluding hydrogens is 342 g/mol. The van der Waals surface area contributed by atoms with Gasteiger partial charge in [-0.25, -0.2) is 13.4 Å². The van der Waals surface area contributed by atoms with Gasteiger partial charge in [0.25, 0.3) is 5.91 Å². The first-order valence-corrected chi connectivity index (χ1v) is 10.0. The van der Waals surface area contributed by atoms with Gasteiger partial charge in [0.2, 0.25) is 0 Å². The normalized spacial score (nSPS) is 16.0. The Morgan fingerprint density at radius 1 is 1.32 bits per heavy atom. The summed E-state index contributed by atoms with van der Waals surface area (Å²) in [5, 5.41) is 3.01. The Kier molecular flexibility index (Phi) is 4.80. The third-order valence-corrected chi connectivity index (χ3v) is 5.50. The summed E-state index contributed by atoms with van der Waals surface area (Å²) < 4.78 is 29.0. The largest absolute Gasteiger partial charge is 0.469 e. The van der Waals surface area contributed by atoms with Gasteiger partial charge in [0, 0.05) is 31.6 Å². The number of nitrogens with one attached hydrogen (secondary N) is 1. The molecule has 0 saturated carbocycles. The average Bonchev–Trinajstić information content (AvgIpc) is 3.01. The van der Waals surface area contributed by atoms with Crippen LogP contribution in [-0.4, -0.2) is 44.7 Å². The van der Waals surface area contributed by atoms with Crippen LogP contribution in [0.3, 0.4) is 0 Å². The summed E-state index contributed by atoms with van der Waals surface area (Å²) in [6.07, 6.45) is 5.73. The van der Waals surface area contributed by atoms with Gasteiger partial charge >= 0.3 is 0 Å². The number of sulfone groups is 1. The van der Waals surface area contributed by atoms with Gasteiger partial charge in [-0.05, 0) is 38.0 Å². The maximum atomic E-state index is 12.3. The summed E-state index contributed by atoms with van der Waals surface area (Å²) in [4.78, 5) is 18.7. The molecule has 134 valence electrons. The molecular formula is C17H21N3O4S.